The topological polar surface area (TPSA) is 60.0 Å². The van der Waals surface area contributed by atoms with Crippen molar-refractivity contribution in [3.8, 4) is 5.69 Å². The van der Waals surface area contributed by atoms with E-state index in [1.54, 1.807) is 4.80 Å². The Labute approximate surface area is 107 Å². The van der Waals surface area contributed by atoms with Gasteiger partial charge in [0.25, 0.3) is 0 Å². The SMILES string of the molecule is CCN(CCN)Cc1cnn(-c2ccccc2)n1. The normalized spacial score (nSPS) is 11.1. The first-order valence-corrected chi connectivity index (χ1v) is 6.22. The van der Waals surface area contributed by atoms with Crippen LogP contribution in [0.5, 0.6) is 0 Å². The van der Waals surface area contributed by atoms with Crippen LogP contribution in [0, 0.1) is 0 Å². The third-order valence-electron chi connectivity index (χ3n) is 2.80. The third-order valence-corrected chi connectivity index (χ3v) is 2.80. The molecule has 2 N–H and O–H groups in total. The molecule has 96 valence electrons. The fraction of sp³-hybridized carbons (Fsp3) is 0.385. The van der Waals surface area contributed by atoms with E-state index in [1.807, 2.05) is 36.5 Å². The first kappa shape index (κ1) is 12.7. The molecule has 1 aromatic carbocycles. The molecule has 0 amide bonds. The molecular weight excluding hydrogens is 226 g/mol. The lowest BCUT2D eigenvalue weighted by Crippen LogP contribution is -2.29. The second kappa shape index (κ2) is 6.28. The van der Waals surface area contributed by atoms with Crippen molar-refractivity contribution in [1.82, 2.24) is 19.9 Å². The van der Waals surface area contributed by atoms with Crippen molar-refractivity contribution in [2.45, 2.75) is 13.5 Å². The fourth-order valence-corrected chi connectivity index (χ4v) is 1.81. The van der Waals surface area contributed by atoms with Crippen molar-refractivity contribution in [2.24, 2.45) is 5.73 Å². The Bertz CT molecular complexity index is 465. The average Bonchev–Trinajstić information content (AvgIpc) is 2.88. The van der Waals surface area contributed by atoms with Crippen LogP contribution in [0.4, 0.5) is 0 Å². The van der Waals surface area contributed by atoms with Gasteiger partial charge in [0.05, 0.1) is 17.6 Å². The van der Waals surface area contributed by atoms with E-state index in [4.69, 9.17) is 5.73 Å². The lowest BCUT2D eigenvalue weighted by atomic mass is 10.3. The van der Waals surface area contributed by atoms with Gasteiger partial charge < -0.3 is 5.73 Å². The summed E-state index contributed by atoms with van der Waals surface area (Å²) >= 11 is 0. The number of benzene rings is 1. The van der Waals surface area contributed by atoms with Crippen LogP contribution in [0.25, 0.3) is 5.69 Å². The van der Waals surface area contributed by atoms with Gasteiger partial charge in [-0.15, -0.1) is 0 Å². The molecule has 5 nitrogen and oxygen atoms in total. The molecule has 0 aliphatic heterocycles. The summed E-state index contributed by atoms with van der Waals surface area (Å²) in [6.45, 7) is 5.43. The Morgan fingerprint density at radius 1 is 1.28 bits per heavy atom. The van der Waals surface area contributed by atoms with E-state index in [1.165, 1.54) is 0 Å². The Kier molecular flexibility index (Phi) is 4.44. The zero-order chi connectivity index (χ0) is 12.8. The number of nitrogens with two attached hydrogens (primary N) is 1. The lowest BCUT2D eigenvalue weighted by Gasteiger charge is -2.17. The highest BCUT2D eigenvalue weighted by atomic mass is 15.5. The van der Waals surface area contributed by atoms with Gasteiger partial charge in [-0.1, -0.05) is 25.1 Å². The van der Waals surface area contributed by atoms with Gasteiger partial charge in [0.1, 0.15) is 0 Å². The zero-order valence-corrected chi connectivity index (χ0v) is 10.7. The Balaban J connectivity index is 2.06. The van der Waals surface area contributed by atoms with Crippen molar-refractivity contribution in [1.29, 1.82) is 0 Å². The molecule has 0 atom stereocenters. The molecule has 1 heterocycles. The monoisotopic (exact) mass is 245 g/mol. The number of rotatable bonds is 6. The van der Waals surface area contributed by atoms with Crippen molar-refractivity contribution < 1.29 is 0 Å². The summed E-state index contributed by atoms with van der Waals surface area (Å²) in [5.74, 6) is 0. The van der Waals surface area contributed by atoms with Crippen LogP contribution in [0.2, 0.25) is 0 Å². The molecular formula is C13H19N5. The van der Waals surface area contributed by atoms with E-state index in [2.05, 4.69) is 22.0 Å². The lowest BCUT2D eigenvalue weighted by molar-refractivity contribution is 0.284. The van der Waals surface area contributed by atoms with E-state index < -0.39 is 0 Å². The third kappa shape index (κ3) is 3.15. The van der Waals surface area contributed by atoms with Gasteiger partial charge in [-0.3, -0.25) is 4.90 Å². The molecule has 0 aliphatic rings. The smallest absolute Gasteiger partial charge is 0.0971 e. The van der Waals surface area contributed by atoms with E-state index in [0.717, 1.165) is 31.0 Å². The second-order valence-electron chi connectivity index (χ2n) is 4.12. The molecule has 2 rings (SSSR count). The van der Waals surface area contributed by atoms with Crippen molar-refractivity contribution in [2.75, 3.05) is 19.6 Å². The summed E-state index contributed by atoms with van der Waals surface area (Å²) in [7, 11) is 0. The van der Waals surface area contributed by atoms with Crippen molar-refractivity contribution >= 4 is 0 Å². The van der Waals surface area contributed by atoms with Crippen LogP contribution >= 0.6 is 0 Å². The molecule has 0 unspecified atom stereocenters. The minimum Gasteiger partial charge on any atom is -0.329 e. The van der Waals surface area contributed by atoms with Gasteiger partial charge in [0.15, 0.2) is 0 Å². The number of likely N-dealkylation sites (N-methyl/N-ethyl adjacent to an activating group) is 1. The highest BCUT2D eigenvalue weighted by Crippen LogP contribution is 2.05. The number of hydrogen-bond donors (Lipinski definition) is 1. The molecule has 0 radical (unpaired) electrons. The van der Waals surface area contributed by atoms with Crippen LogP contribution < -0.4 is 5.73 Å². The summed E-state index contributed by atoms with van der Waals surface area (Å²) in [6, 6.07) is 9.91. The quantitative estimate of drug-likeness (QED) is 0.826. The maximum Gasteiger partial charge on any atom is 0.0971 e. The van der Waals surface area contributed by atoms with Crippen LogP contribution in [-0.2, 0) is 6.54 Å². The number of para-hydroxylation sites is 1. The highest BCUT2D eigenvalue weighted by Gasteiger charge is 2.07. The van der Waals surface area contributed by atoms with Gasteiger partial charge in [0, 0.05) is 19.6 Å². The minimum absolute atomic E-state index is 0.667. The second-order valence-corrected chi connectivity index (χ2v) is 4.12. The van der Waals surface area contributed by atoms with E-state index in [-0.39, 0.29) is 0 Å². The van der Waals surface area contributed by atoms with Gasteiger partial charge >= 0.3 is 0 Å². The van der Waals surface area contributed by atoms with Gasteiger partial charge in [-0.25, -0.2) is 0 Å². The first-order valence-electron chi connectivity index (χ1n) is 6.22. The molecule has 0 fully saturated rings. The number of aromatic nitrogens is 3. The first-order chi connectivity index (χ1) is 8.83. The summed E-state index contributed by atoms with van der Waals surface area (Å²) in [4.78, 5) is 3.91. The number of hydrogen-bond acceptors (Lipinski definition) is 4. The molecule has 5 heteroatoms. The molecule has 0 aliphatic carbocycles. The van der Waals surface area contributed by atoms with Gasteiger partial charge in [-0.05, 0) is 18.7 Å². The summed E-state index contributed by atoms with van der Waals surface area (Å²) in [6.07, 6.45) is 1.81. The van der Waals surface area contributed by atoms with Gasteiger partial charge in [0.2, 0.25) is 0 Å². The summed E-state index contributed by atoms with van der Waals surface area (Å²) < 4.78 is 0. The van der Waals surface area contributed by atoms with Crippen molar-refractivity contribution in [3.63, 3.8) is 0 Å². The predicted octanol–water partition coefficient (Wildman–Crippen LogP) is 1.05. The Morgan fingerprint density at radius 3 is 2.72 bits per heavy atom. The average molecular weight is 245 g/mol. The molecule has 2 aromatic rings. The Morgan fingerprint density at radius 2 is 2.06 bits per heavy atom. The number of nitrogens with zero attached hydrogens (tertiary/aromatic N) is 4. The molecule has 0 saturated heterocycles. The predicted molar refractivity (Wildman–Crippen MR) is 71.4 cm³/mol. The fourth-order valence-electron chi connectivity index (χ4n) is 1.81. The Hall–Kier alpha value is -1.72. The standard InChI is InChI=1S/C13H19N5/c1-2-17(9-8-14)11-12-10-15-18(16-12)13-6-4-3-5-7-13/h3-7,10H,2,8-9,11,14H2,1H3. The van der Waals surface area contributed by atoms with E-state index >= 15 is 0 Å². The van der Waals surface area contributed by atoms with Gasteiger partial charge in [-0.2, -0.15) is 15.0 Å². The largest absolute Gasteiger partial charge is 0.329 e. The maximum absolute atomic E-state index is 5.57. The summed E-state index contributed by atoms with van der Waals surface area (Å²) in [5.41, 5.74) is 7.52. The summed E-state index contributed by atoms with van der Waals surface area (Å²) in [5, 5.41) is 8.76. The van der Waals surface area contributed by atoms with E-state index in [9.17, 15) is 0 Å². The van der Waals surface area contributed by atoms with Crippen LogP contribution in [0.1, 0.15) is 12.6 Å². The van der Waals surface area contributed by atoms with Crippen LogP contribution in [0.3, 0.4) is 0 Å². The van der Waals surface area contributed by atoms with Crippen molar-refractivity contribution in [3.05, 3.63) is 42.2 Å². The minimum atomic E-state index is 0.667. The molecule has 0 bridgehead atoms. The van der Waals surface area contributed by atoms with Crippen LogP contribution in [0.15, 0.2) is 36.5 Å². The molecule has 0 saturated carbocycles. The zero-order valence-electron chi connectivity index (χ0n) is 10.7. The highest BCUT2D eigenvalue weighted by molar-refractivity contribution is 5.28. The van der Waals surface area contributed by atoms with E-state index in [0.29, 0.717) is 6.54 Å². The maximum atomic E-state index is 5.57. The molecule has 18 heavy (non-hydrogen) atoms. The molecule has 1 aromatic heterocycles. The molecule has 0 spiro atoms. The van der Waals surface area contributed by atoms with Crippen LogP contribution in [-0.4, -0.2) is 39.5 Å².